The van der Waals surface area contributed by atoms with Crippen LogP contribution in [0.3, 0.4) is 0 Å². The molecule has 126 valence electrons. The lowest BCUT2D eigenvalue weighted by Crippen LogP contribution is -2.31. The van der Waals surface area contributed by atoms with Gasteiger partial charge < -0.3 is 10.2 Å². The Labute approximate surface area is 142 Å². The van der Waals surface area contributed by atoms with Crippen LogP contribution in [0.4, 0.5) is 0 Å². The average molecular weight is 346 g/mol. The molecule has 0 atom stereocenters. The normalized spacial score (nSPS) is 14.0. The first-order valence-corrected chi connectivity index (χ1v) is 8.64. The number of carbonyl (C=O) groups excluding carboxylic acids is 2. The van der Waals surface area contributed by atoms with Gasteiger partial charge in [0, 0.05) is 37.0 Å². The quantitative estimate of drug-likeness (QED) is 0.898. The molecule has 1 aliphatic rings. The van der Waals surface area contributed by atoms with Crippen LogP contribution in [-0.2, 0) is 24.4 Å². The summed E-state index contributed by atoms with van der Waals surface area (Å²) in [6.45, 7) is 3.17. The molecule has 1 aliphatic heterocycles. The minimum Gasteiger partial charge on any atom is -0.346 e. The van der Waals surface area contributed by atoms with Gasteiger partial charge in [-0.15, -0.1) is 0 Å². The molecule has 2 amide bonds. The number of rotatable bonds is 3. The molecular weight excluding hydrogens is 328 g/mol. The fourth-order valence-corrected chi connectivity index (χ4v) is 3.30. The van der Waals surface area contributed by atoms with E-state index in [1.165, 1.54) is 24.3 Å². The predicted octanol–water partition coefficient (Wildman–Crippen LogP) is 0.987. The minimum atomic E-state index is -0.196. The molecule has 0 unspecified atom stereocenters. The van der Waals surface area contributed by atoms with E-state index >= 15 is 0 Å². The van der Waals surface area contributed by atoms with Crippen molar-refractivity contribution in [2.24, 2.45) is 0 Å². The van der Waals surface area contributed by atoms with Gasteiger partial charge in [0.15, 0.2) is 0 Å². The zero-order valence-corrected chi connectivity index (χ0v) is 14.1. The molecule has 1 N–H and O–H groups in total. The molecule has 24 heavy (non-hydrogen) atoms. The van der Waals surface area contributed by atoms with Gasteiger partial charge in [0.05, 0.1) is 18.8 Å². The number of aromatic nitrogens is 2. The first-order valence-electron chi connectivity index (χ1n) is 7.70. The van der Waals surface area contributed by atoms with E-state index in [1.54, 1.807) is 20.9 Å². The van der Waals surface area contributed by atoms with Crippen molar-refractivity contribution >= 4 is 23.2 Å². The molecule has 2 aromatic heterocycles. The Bertz CT molecular complexity index is 813. The standard InChI is InChI=1S/C16H18N4O3S/c1-11(21)19-4-2-5-20-14(9-19)18-13(7-15(20)22)8-17-16(23)12-3-6-24-10-12/h3,6-7,10H,2,4-5,8-9H2,1H3,(H,17,23). The number of fused-ring (bicyclic) bond motifs is 1. The summed E-state index contributed by atoms with van der Waals surface area (Å²) in [5.74, 6) is 0.335. The van der Waals surface area contributed by atoms with E-state index in [4.69, 9.17) is 0 Å². The van der Waals surface area contributed by atoms with Crippen LogP contribution in [0.15, 0.2) is 27.7 Å². The van der Waals surface area contributed by atoms with Gasteiger partial charge in [-0.05, 0) is 17.9 Å². The second-order valence-electron chi connectivity index (χ2n) is 5.64. The molecule has 0 saturated heterocycles. The van der Waals surface area contributed by atoms with Gasteiger partial charge in [-0.25, -0.2) is 4.98 Å². The SMILES string of the molecule is CC(=O)N1CCCn2c(nc(CNC(=O)c3ccsc3)cc2=O)C1. The lowest BCUT2D eigenvalue weighted by atomic mass is 10.3. The smallest absolute Gasteiger partial charge is 0.253 e. The Morgan fingerprint density at radius 3 is 2.92 bits per heavy atom. The topological polar surface area (TPSA) is 84.3 Å². The summed E-state index contributed by atoms with van der Waals surface area (Å²) in [5, 5.41) is 6.36. The molecule has 2 aromatic rings. The van der Waals surface area contributed by atoms with Crippen molar-refractivity contribution < 1.29 is 9.59 Å². The van der Waals surface area contributed by atoms with Gasteiger partial charge in [0.1, 0.15) is 5.82 Å². The highest BCUT2D eigenvalue weighted by Crippen LogP contribution is 2.10. The van der Waals surface area contributed by atoms with Crippen molar-refractivity contribution in [1.29, 1.82) is 0 Å². The third kappa shape index (κ3) is 3.53. The second kappa shape index (κ2) is 6.96. The van der Waals surface area contributed by atoms with Crippen LogP contribution in [0.2, 0.25) is 0 Å². The second-order valence-corrected chi connectivity index (χ2v) is 6.42. The molecule has 0 spiro atoms. The van der Waals surface area contributed by atoms with Crippen molar-refractivity contribution in [1.82, 2.24) is 19.8 Å². The van der Waals surface area contributed by atoms with E-state index in [9.17, 15) is 14.4 Å². The summed E-state index contributed by atoms with van der Waals surface area (Å²) >= 11 is 1.45. The van der Waals surface area contributed by atoms with Crippen LogP contribution in [0.5, 0.6) is 0 Å². The Hall–Kier alpha value is -2.48. The van der Waals surface area contributed by atoms with Crippen LogP contribution in [0.1, 0.15) is 35.2 Å². The maximum absolute atomic E-state index is 12.3. The number of nitrogens with zero attached hydrogens (tertiary/aromatic N) is 3. The van der Waals surface area contributed by atoms with Crippen molar-refractivity contribution in [2.75, 3.05) is 6.54 Å². The van der Waals surface area contributed by atoms with Gasteiger partial charge in [0.2, 0.25) is 5.91 Å². The van der Waals surface area contributed by atoms with E-state index in [-0.39, 0.29) is 23.9 Å². The monoisotopic (exact) mass is 346 g/mol. The Morgan fingerprint density at radius 1 is 1.38 bits per heavy atom. The van der Waals surface area contributed by atoms with Gasteiger partial charge in [-0.1, -0.05) is 0 Å². The van der Waals surface area contributed by atoms with Gasteiger partial charge in [-0.3, -0.25) is 19.0 Å². The summed E-state index contributed by atoms with van der Waals surface area (Å²) in [6, 6.07) is 3.19. The van der Waals surface area contributed by atoms with E-state index in [1.807, 2.05) is 5.38 Å². The first-order chi connectivity index (χ1) is 11.5. The van der Waals surface area contributed by atoms with E-state index < -0.39 is 0 Å². The minimum absolute atomic E-state index is 0.0335. The van der Waals surface area contributed by atoms with Crippen molar-refractivity contribution in [3.05, 3.63) is 50.3 Å². The molecule has 3 rings (SSSR count). The van der Waals surface area contributed by atoms with E-state index in [2.05, 4.69) is 10.3 Å². The largest absolute Gasteiger partial charge is 0.346 e. The zero-order valence-electron chi connectivity index (χ0n) is 13.3. The summed E-state index contributed by atoms with van der Waals surface area (Å²) < 4.78 is 1.60. The summed E-state index contributed by atoms with van der Waals surface area (Å²) in [4.78, 5) is 42.1. The fraction of sp³-hybridized carbons (Fsp3) is 0.375. The molecule has 7 nitrogen and oxygen atoms in total. The van der Waals surface area contributed by atoms with E-state index in [0.29, 0.717) is 36.7 Å². The average Bonchev–Trinajstić information content (AvgIpc) is 2.99. The molecule has 8 heteroatoms. The highest BCUT2D eigenvalue weighted by molar-refractivity contribution is 7.08. The lowest BCUT2D eigenvalue weighted by molar-refractivity contribution is -0.129. The third-order valence-electron chi connectivity index (χ3n) is 3.94. The summed E-state index contributed by atoms with van der Waals surface area (Å²) in [5.41, 5.74) is 0.944. The summed E-state index contributed by atoms with van der Waals surface area (Å²) in [7, 11) is 0. The maximum atomic E-state index is 12.3. The molecule has 3 heterocycles. The van der Waals surface area contributed by atoms with Crippen molar-refractivity contribution in [3.8, 4) is 0 Å². The highest BCUT2D eigenvalue weighted by atomic mass is 32.1. The zero-order chi connectivity index (χ0) is 17.1. The number of amides is 2. The molecule has 0 radical (unpaired) electrons. The number of nitrogens with one attached hydrogen (secondary N) is 1. The van der Waals surface area contributed by atoms with Gasteiger partial charge in [0.25, 0.3) is 11.5 Å². The first kappa shape index (κ1) is 16.4. The van der Waals surface area contributed by atoms with Crippen LogP contribution in [0, 0.1) is 0 Å². The van der Waals surface area contributed by atoms with Crippen LogP contribution >= 0.6 is 11.3 Å². The summed E-state index contributed by atoms with van der Waals surface area (Å²) in [6.07, 6.45) is 0.725. The maximum Gasteiger partial charge on any atom is 0.253 e. The molecule has 0 saturated carbocycles. The van der Waals surface area contributed by atoms with Crippen LogP contribution in [-0.4, -0.2) is 32.8 Å². The Balaban J connectivity index is 1.78. The third-order valence-corrected chi connectivity index (χ3v) is 4.62. The number of hydrogen-bond donors (Lipinski definition) is 1. The van der Waals surface area contributed by atoms with Crippen molar-refractivity contribution in [3.63, 3.8) is 0 Å². The van der Waals surface area contributed by atoms with Crippen molar-refractivity contribution in [2.45, 2.75) is 33.0 Å². The Kier molecular flexibility index (Phi) is 4.75. The lowest BCUT2D eigenvalue weighted by Gasteiger charge is -2.18. The fourth-order valence-electron chi connectivity index (χ4n) is 2.66. The van der Waals surface area contributed by atoms with Gasteiger partial charge >= 0.3 is 0 Å². The molecule has 0 fully saturated rings. The Morgan fingerprint density at radius 2 is 2.21 bits per heavy atom. The molecule has 0 bridgehead atoms. The van der Waals surface area contributed by atoms with Crippen LogP contribution < -0.4 is 10.9 Å². The molecular formula is C16H18N4O3S. The molecule has 0 aromatic carbocycles. The molecule has 0 aliphatic carbocycles. The predicted molar refractivity (Wildman–Crippen MR) is 89.7 cm³/mol. The number of hydrogen-bond acceptors (Lipinski definition) is 5. The van der Waals surface area contributed by atoms with Crippen LogP contribution in [0.25, 0.3) is 0 Å². The van der Waals surface area contributed by atoms with E-state index in [0.717, 1.165) is 6.42 Å². The number of carbonyl (C=O) groups is 2. The van der Waals surface area contributed by atoms with Gasteiger partial charge in [-0.2, -0.15) is 11.3 Å². The number of thiophene rings is 1. The highest BCUT2D eigenvalue weighted by Gasteiger charge is 2.19.